The van der Waals surface area contributed by atoms with Gasteiger partial charge in [-0.2, -0.15) is 0 Å². The molecule has 0 aliphatic heterocycles. The van der Waals surface area contributed by atoms with Crippen molar-refractivity contribution in [3.63, 3.8) is 0 Å². The molecule has 0 spiro atoms. The van der Waals surface area contributed by atoms with E-state index in [0.29, 0.717) is 13.2 Å². The molecule has 106 valence electrons. The minimum Gasteiger partial charge on any atom is -0.394 e. The number of hydrogen-bond acceptors (Lipinski definition) is 3. The van der Waals surface area contributed by atoms with Gasteiger partial charge in [0.05, 0.1) is 18.2 Å². The summed E-state index contributed by atoms with van der Waals surface area (Å²) in [5, 5.41) is 15.1. The normalized spacial score (nSPS) is 18.0. The largest absolute Gasteiger partial charge is 0.394 e. The molecule has 0 saturated heterocycles. The molecule has 5 nitrogen and oxygen atoms in total. The van der Waals surface area contributed by atoms with Crippen molar-refractivity contribution in [1.82, 2.24) is 10.6 Å². The molecule has 1 aliphatic carbocycles. The van der Waals surface area contributed by atoms with Gasteiger partial charge in [-0.15, -0.1) is 0 Å². The lowest BCUT2D eigenvalue weighted by Crippen LogP contribution is -2.53. The van der Waals surface area contributed by atoms with Crippen LogP contribution >= 0.6 is 0 Å². The third kappa shape index (κ3) is 5.23. The lowest BCUT2D eigenvalue weighted by molar-refractivity contribution is 0.0773. The highest BCUT2D eigenvalue weighted by atomic mass is 16.5. The first-order chi connectivity index (χ1) is 8.58. The quantitative estimate of drug-likeness (QED) is 0.605. The van der Waals surface area contributed by atoms with Crippen LogP contribution in [0.3, 0.4) is 0 Å². The van der Waals surface area contributed by atoms with Crippen LogP contribution in [-0.2, 0) is 4.74 Å². The van der Waals surface area contributed by atoms with Crippen molar-refractivity contribution in [2.24, 2.45) is 0 Å². The van der Waals surface area contributed by atoms with Crippen molar-refractivity contribution in [1.29, 1.82) is 0 Å². The van der Waals surface area contributed by atoms with Crippen LogP contribution in [0.25, 0.3) is 0 Å². The van der Waals surface area contributed by atoms with Crippen LogP contribution in [-0.4, -0.2) is 42.5 Å². The van der Waals surface area contributed by atoms with Crippen LogP contribution in [0.2, 0.25) is 0 Å². The highest BCUT2D eigenvalue weighted by Crippen LogP contribution is 2.28. The molecule has 1 fully saturated rings. The molecule has 0 bridgehead atoms. The van der Waals surface area contributed by atoms with Crippen molar-refractivity contribution < 1.29 is 14.6 Å². The average molecular weight is 258 g/mol. The second-order valence-electron chi connectivity index (χ2n) is 5.30. The van der Waals surface area contributed by atoms with E-state index in [0.717, 1.165) is 32.1 Å². The first-order valence-corrected chi connectivity index (χ1v) is 6.86. The Morgan fingerprint density at radius 2 is 2.06 bits per heavy atom. The lowest BCUT2D eigenvalue weighted by atomic mass is 9.99. The maximum Gasteiger partial charge on any atom is 0.315 e. The summed E-state index contributed by atoms with van der Waals surface area (Å²) in [5.74, 6) is 0. The lowest BCUT2D eigenvalue weighted by Gasteiger charge is -2.27. The zero-order valence-electron chi connectivity index (χ0n) is 11.5. The van der Waals surface area contributed by atoms with Crippen LogP contribution in [0.1, 0.15) is 46.0 Å². The summed E-state index contributed by atoms with van der Waals surface area (Å²) in [7, 11) is 0. The van der Waals surface area contributed by atoms with E-state index in [1.165, 1.54) is 0 Å². The first kappa shape index (κ1) is 15.2. The Balaban J connectivity index is 2.13. The zero-order chi connectivity index (χ0) is 13.4. The van der Waals surface area contributed by atoms with E-state index >= 15 is 0 Å². The molecule has 0 aromatic carbocycles. The molecule has 18 heavy (non-hydrogen) atoms. The number of aliphatic hydroxyl groups is 1. The number of carbonyl (C=O) groups is 1. The van der Waals surface area contributed by atoms with Gasteiger partial charge in [0.25, 0.3) is 0 Å². The molecule has 0 unspecified atom stereocenters. The molecular formula is C13H26N2O3. The molecule has 1 rings (SSSR count). The second-order valence-corrected chi connectivity index (χ2v) is 5.30. The molecule has 5 heteroatoms. The van der Waals surface area contributed by atoms with Crippen LogP contribution in [0, 0.1) is 0 Å². The molecule has 1 aliphatic rings. The number of hydrogen-bond donors (Lipinski definition) is 3. The fraction of sp³-hybridized carbons (Fsp3) is 0.923. The standard InChI is InChI=1S/C13H26N2O3/c1-11(2)18-9-5-8-14-12(17)15-13(10-16)6-3-4-7-13/h11,16H,3-10H2,1-2H3,(H2,14,15,17). The van der Waals surface area contributed by atoms with E-state index in [1.807, 2.05) is 13.8 Å². The summed E-state index contributed by atoms with van der Waals surface area (Å²) >= 11 is 0. The van der Waals surface area contributed by atoms with Crippen molar-refractivity contribution in [2.75, 3.05) is 19.8 Å². The number of aliphatic hydroxyl groups excluding tert-OH is 1. The van der Waals surface area contributed by atoms with Gasteiger partial charge in [-0.25, -0.2) is 4.79 Å². The Kier molecular flexibility index (Phi) is 6.43. The van der Waals surface area contributed by atoms with Crippen LogP contribution in [0.15, 0.2) is 0 Å². The van der Waals surface area contributed by atoms with E-state index < -0.39 is 5.54 Å². The van der Waals surface area contributed by atoms with E-state index in [2.05, 4.69) is 10.6 Å². The SMILES string of the molecule is CC(C)OCCCNC(=O)NC1(CO)CCCC1. The number of rotatable bonds is 7. The minimum absolute atomic E-state index is 0.0247. The monoisotopic (exact) mass is 258 g/mol. The van der Waals surface area contributed by atoms with Crippen LogP contribution in [0.4, 0.5) is 4.79 Å². The van der Waals surface area contributed by atoms with Crippen molar-refractivity contribution >= 4 is 6.03 Å². The molecule has 0 aromatic heterocycles. The molecule has 1 saturated carbocycles. The molecule has 3 N–H and O–H groups in total. The third-order valence-corrected chi connectivity index (χ3v) is 3.30. The van der Waals surface area contributed by atoms with Gasteiger partial charge in [0.2, 0.25) is 0 Å². The summed E-state index contributed by atoms with van der Waals surface area (Å²) in [4.78, 5) is 11.7. The van der Waals surface area contributed by atoms with Gasteiger partial charge < -0.3 is 20.5 Å². The number of urea groups is 1. The first-order valence-electron chi connectivity index (χ1n) is 6.86. The smallest absolute Gasteiger partial charge is 0.315 e. The van der Waals surface area contributed by atoms with Gasteiger partial charge in [0.1, 0.15) is 0 Å². The maximum absolute atomic E-state index is 11.7. The number of ether oxygens (including phenoxy) is 1. The molecule has 0 aromatic rings. The van der Waals surface area contributed by atoms with Gasteiger partial charge in [-0.1, -0.05) is 12.8 Å². The molecule has 0 heterocycles. The Morgan fingerprint density at radius 3 is 2.61 bits per heavy atom. The van der Waals surface area contributed by atoms with E-state index in [1.54, 1.807) is 0 Å². The van der Waals surface area contributed by atoms with Crippen LogP contribution in [0.5, 0.6) is 0 Å². The van der Waals surface area contributed by atoms with E-state index in [-0.39, 0.29) is 18.7 Å². The number of amides is 2. The predicted octanol–water partition coefficient (Wildman–Crippen LogP) is 1.41. The summed E-state index contributed by atoms with van der Waals surface area (Å²) in [6.45, 7) is 5.26. The van der Waals surface area contributed by atoms with Gasteiger partial charge in [-0.3, -0.25) is 0 Å². The Labute approximate surface area is 109 Å². The Hall–Kier alpha value is -0.810. The Bertz CT molecular complexity index is 251. The fourth-order valence-corrected chi connectivity index (χ4v) is 2.25. The summed E-state index contributed by atoms with van der Waals surface area (Å²) in [6.07, 6.45) is 4.92. The molecule has 2 amide bonds. The van der Waals surface area contributed by atoms with Crippen LogP contribution < -0.4 is 10.6 Å². The van der Waals surface area contributed by atoms with E-state index in [4.69, 9.17) is 4.74 Å². The Morgan fingerprint density at radius 1 is 1.39 bits per heavy atom. The molecule has 0 radical (unpaired) electrons. The topological polar surface area (TPSA) is 70.6 Å². The molecular weight excluding hydrogens is 232 g/mol. The van der Waals surface area contributed by atoms with Gasteiger partial charge >= 0.3 is 6.03 Å². The second kappa shape index (κ2) is 7.59. The van der Waals surface area contributed by atoms with Gasteiger partial charge in [-0.05, 0) is 33.1 Å². The highest BCUT2D eigenvalue weighted by Gasteiger charge is 2.34. The van der Waals surface area contributed by atoms with Crippen molar-refractivity contribution in [3.05, 3.63) is 0 Å². The summed E-state index contributed by atoms with van der Waals surface area (Å²) in [5.41, 5.74) is -0.390. The molecule has 0 atom stereocenters. The van der Waals surface area contributed by atoms with Crippen molar-refractivity contribution in [3.8, 4) is 0 Å². The predicted molar refractivity (Wildman–Crippen MR) is 70.5 cm³/mol. The number of carbonyl (C=O) groups excluding carboxylic acids is 1. The highest BCUT2D eigenvalue weighted by molar-refractivity contribution is 5.74. The van der Waals surface area contributed by atoms with Gasteiger partial charge in [0, 0.05) is 13.2 Å². The van der Waals surface area contributed by atoms with E-state index in [9.17, 15) is 9.90 Å². The summed E-state index contributed by atoms with van der Waals surface area (Å²) in [6, 6.07) is -0.185. The van der Waals surface area contributed by atoms with Gasteiger partial charge in [0.15, 0.2) is 0 Å². The third-order valence-electron chi connectivity index (χ3n) is 3.30. The minimum atomic E-state index is -0.390. The van der Waals surface area contributed by atoms with Crippen molar-refractivity contribution in [2.45, 2.75) is 57.6 Å². The maximum atomic E-state index is 11.7. The average Bonchev–Trinajstić information content (AvgIpc) is 2.77. The zero-order valence-corrected chi connectivity index (χ0v) is 11.5. The summed E-state index contributed by atoms with van der Waals surface area (Å²) < 4.78 is 5.39. The fourth-order valence-electron chi connectivity index (χ4n) is 2.25. The number of nitrogens with one attached hydrogen (secondary N) is 2.